The fourth-order valence-corrected chi connectivity index (χ4v) is 3.52. The van der Waals surface area contributed by atoms with Gasteiger partial charge in [0.1, 0.15) is 0 Å². The summed E-state index contributed by atoms with van der Waals surface area (Å²) in [7, 11) is 0. The molecule has 5 nitrogen and oxygen atoms in total. The van der Waals surface area contributed by atoms with Gasteiger partial charge in [-0.25, -0.2) is 0 Å². The molecule has 2 saturated heterocycles. The Balaban J connectivity index is 1.68. The van der Waals surface area contributed by atoms with Crippen molar-refractivity contribution in [2.75, 3.05) is 44.2 Å². The van der Waals surface area contributed by atoms with E-state index in [1.165, 1.54) is 17.0 Å². The Morgan fingerprint density at radius 2 is 1.88 bits per heavy atom. The summed E-state index contributed by atoms with van der Waals surface area (Å²) in [6.07, 6.45) is -4.42. The van der Waals surface area contributed by atoms with Crippen LogP contribution in [0.3, 0.4) is 0 Å². The van der Waals surface area contributed by atoms with Gasteiger partial charge in [0.25, 0.3) is 0 Å². The van der Waals surface area contributed by atoms with Gasteiger partial charge in [0, 0.05) is 44.8 Å². The van der Waals surface area contributed by atoms with Crippen molar-refractivity contribution >= 4 is 17.5 Å². The van der Waals surface area contributed by atoms with Crippen molar-refractivity contribution in [1.82, 2.24) is 9.80 Å². The van der Waals surface area contributed by atoms with Gasteiger partial charge in [0.15, 0.2) is 0 Å². The molecule has 1 atom stereocenters. The minimum atomic E-state index is -4.47. The van der Waals surface area contributed by atoms with Crippen LogP contribution in [0, 0.1) is 5.92 Å². The van der Waals surface area contributed by atoms with Gasteiger partial charge in [-0.1, -0.05) is 13.0 Å². The molecule has 1 aromatic rings. The largest absolute Gasteiger partial charge is 0.416 e. The Morgan fingerprint density at radius 3 is 2.50 bits per heavy atom. The highest BCUT2D eigenvalue weighted by Gasteiger charge is 2.38. The molecule has 0 spiro atoms. The molecule has 8 heteroatoms. The van der Waals surface area contributed by atoms with Crippen molar-refractivity contribution in [3.8, 4) is 0 Å². The Hall–Kier alpha value is -2.09. The number of carbonyl (C=O) groups excluding carboxylic acids is 2. The second-order valence-electron chi connectivity index (χ2n) is 6.71. The molecular weight excluding hydrogens is 347 g/mol. The molecule has 2 heterocycles. The summed E-state index contributed by atoms with van der Waals surface area (Å²) in [5, 5.41) is 0. The van der Waals surface area contributed by atoms with E-state index in [0.717, 1.165) is 31.8 Å². The first kappa shape index (κ1) is 18.7. The lowest BCUT2D eigenvalue weighted by molar-refractivity contribution is -0.138. The van der Waals surface area contributed by atoms with E-state index >= 15 is 0 Å². The second-order valence-corrected chi connectivity index (χ2v) is 6.71. The smallest absolute Gasteiger partial charge is 0.340 e. The molecule has 2 aliphatic rings. The van der Waals surface area contributed by atoms with Crippen molar-refractivity contribution in [3.05, 3.63) is 29.8 Å². The average Bonchev–Trinajstić information content (AvgIpc) is 3.02. The van der Waals surface area contributed by atoms with Crippen LogP contribution in [-0.2, 0) is 15.8 Å². The quantitative estimate of drug-likeness (QED) is 0.821. The van der Waals surface area contributed by atoms with Gasteiger partial charge in [-0.15, -0.1) is 0 Å². The van der Waals surface area contributed by atoms with E-state index in [2.05, 4.69) is 11.8 Å². The summed E-state index contributed by atoms with van der Waals surface area (Å²) in [6, 6.07) is 4.69. The molecule has 2 amide bonds. The molecular formula is C18H22F3N3O2. The molecule has 0 radical (unpaired) electrons. The van der Waals surface area contributed by atoms with Gasteiger partial charge in [-0.05, 0) is 24.7 Å². The van der Waals surface area contributed by atoms with Crippen LogP contribution >= 0.6 is 0 Å². The van der Waals surface area contributed by atoms with Crippen LogP contribution in [0.2, 0.25) is 0 Å². The lowest BCUT2D eigenvalue weighted by Gasteiger charge is -2.35. The van der Waals surface area contributed by atoms with Crippen LogP contribution in [0.15, 0.2) is 24.3 Å². The maximum absolute atomic E-state index is 12.9. The Kier molecular flexibility index (Phi) is 5.22. The predicted molar refractivity (Wildman–Crippen MR) is 90.6 cm³/mol. The fourth-order valence-electron chi connectivity index (χ4n) is 3.52. The van der Waals surface area contributed by atoms with E-state index in [1.54, 1.807) is 4.90 Å². The average molecular weight is 369 g/mol. The molecule has 142 valence electrons. The number of amides is 2. The fraction of sp³-hybridized carbons (Fsp3) is 0.556. The zero-order valence-corrected chi connectivity index (χ0v) is 14.6. The van der Waals surface area contributed by atoms with Gasteiger partial charge >= 0.3 is 6.18 Å². The Labute approximate surface area is 150 Å². The van der Waals surface area contributed by atoms with E-state index in [1.807, 2.05) is 0 Å². The summed E-state index contributed by atoms with van der Waals surface area (Å²) >= 11 is 0. The highest BCUT2D eigenvalue weighted by atomic mass is 19.4. The topological polar surface area (TPSA) is 43.9 Å². The first-order valence-electron chi connectivity index (χ1n) is 8.78. The molecule has 1 aromatic carbocycles. The summed E-state index contributed by atoms with van der Waals surface area (Å²) in [5.41, 5.74) is -0.607. The van der Waals surface area contributed by atoms with Gasteiger partial charge in [0.2, 0.25) is 11.8 Å². The summed E-state index contributed by atoms with van der Waals surface area (Å²) in [4.78, 5) is 30.3. The number of alkyl halides is 3. The monoisotopic (exact) mass is 369 g/mol. The van der Waals surface area contributed by atoms with E-state index in [9.17, 15) is 22.8 Å². The lowest BCUT2D eigenvalue weighted by atomic mass is 10.1. The molecule has 2 aliphatic heterocycles. The van der Waals surface area contributed by atoms with Crippen molar-refractivity contribution in [3.63, 3.8) is 0 Å². The highest BCUT2D eigenvalue weighted by molar-refractivity contribution is 6.00. The van der Waals surface area contributed by atoms with Crippen LogP contribution in [0.1, 0.15) is 18.9 Å². The van der Waals surface area contributed by atoms with E-state index in [0.29, 0.717) is 13.1 Å². The number of rotatable bonds is 3. The Morgan fingerprint density at radius 1 is 1.19 bits per heavy atom. The zero-order valence-electron chi connectivity index (χ0n) is 14.6. The third-order valence-corrected chi connectivity index (χ3v) is 5.09. The van der Waals surface area contributed by atoms with Crippen LogP contribution in [0.4, 0.5) is 18.9 Å². The summed E-state index contributed by atoms with van der Waals surface area (Å²) in [6.45, 7) is 6.00. The van der Waals surface area contributed by atoms with Crippen molar-refractivity contribution in [2.24, 2.45) is 5.92 Å². The number of hydrogen-bond donors (Lipinski definition) is 0. The molecule has 26 heavy (non-hydrogen) atoms. The number of benzene rings is 1. The van der Waals surface area contributed by atoms with Gasteiger partial charge in [-0.2, -0.15) is 13.2 Å². The highest BCUT2D eigenvalue weighted by Crippen LogP contribution is 2.33. The summed E-state index contributed by atoms with van der Waals surface area (Å²) < 4.78 is 38.7. The van der Waals surface area contributed by atoms with Gasteiger partial charge < -0.3 is 14.7 Å². The zero-order chi connectivity index (χ0) is 18.9. The first-order valence-corrected chi connectivity index (χ1v) is 8.78. The number of hydrogen-bond acceptors (Lipinski definition) is 3. The minimum Gasteiger partial charge on any atom is -0.340 e. The standard InChI is InChI=1S/C18H22F3N3O2/c1-2-22-6-8-23(9-7-22)17(26)13-10-16(25)24(12-13)15-5-3-4-14(11-15)18(19,20)21/h3-5,11,13H,2,6-10,12H2,1H3. The van der Waals surface area contributed by atoms with Crippen LogP contribution in [0.5, 0.6) is 0 Å². The molecule has 0 saturated carbocycles. The number of likely N-dealkylation sites (N-methyl/N-ethyl adjacent to an activating group) is 1. The van der Waals surface area contributed by atoms with Crippen LogP contribution in [-0.4, -0.2) is 60.9 Å². The third kappa shape index (κ3) is 3.85. The Bertz CT molecular complexity index is 685. The minimum absolute atomic E-state index is 0.0447. The van der Waals surface area contributed by atoms with Crippen molar-refractivity contribution < 1.29 is 22.8 Å². The van der Waals surface area contributed by atoms with Crippen LogP contribution < -0.4 is 4.90 Å². The second kappa shape index (κ2) is 7.26. The number of piperazine rings is 1. The first-order chi connectivity index (χ1) is 12.3. The van der Waals surface area contributed by atoms with Crippen LogP contribution in [0.25, 0.3) is 0 Å². The molecule has 0 N–H and O–H groups in total. The molecule has 3 rings (SSSR count). The van der Waals surface area contributed by atoms with E-state index in [4.69, 9.17) is 0 Å². The normalized spacial score (nSPS) is 22.2. The maximum Gasteiger partial charge on any atom is 0.416 e. The van der Waals surface area contributed by atoms with Crippen molar-refractivity contribution in [1.29, 1.82) is 0 Å². The number of carbonyl (C=O) groups is 2. The number of halogens is 3. The van der Waals surface area contributed by atoms with Gasteiger partial charge in [-0.3, -0.25) is 9.59 Å². The maximum atomic E-state index is 12.9. The molecule has 0 aromatic heterocycles. The molecule has 0 aliphatic carbocycles. The van der Waals surface area contributed by atoms with Gasteiger partial charge in [0.05, 0.1) is 11.5 Å². The lowest BCUT2D eigenvalue weighted by Crippen LogP contribution is -2.50. The number of nitrogens with zero attached hydrogens (tertiary/aromatic N) is 3. The summed E-state index contributed by atoms with van der Waals surface area (Å²) in [5.74, 6) is -0.885. The van der Waals surface area contributed by atoms with E-state index in [-0.39, 0.29) is 30.5 Å². The third-order valence-electron chi connectivity index (χ3n) is 5.09. The molecule has 2 fully saturated rings. The number of anilines is 1. The SMILES string of the molecule is CCN1CCN(C(=O)C2CC(=O)N(c3cccc(C(F)(F)F)c3)C2)CC1. The molecule has 1 unspecified atom stereocenters. The molecule has 0 bridgehead atoms. The van der Waals surface area contributed by atoms with E-state index < -0.39 is 17.7 Å². The van der Waals surface area contributed by atoms with Crippen molar-refractivity contribution in [2.45, 2.75) is 19.5 Å². The predicted octanol–water partition coefficient (Wildman–Crippen LogP) is 2.22.